The predicted molar refractivity (Wildman–Crippen MR) is 73.9 cm³/mol. The van der Waals surface area contributed by atoms with Gasteiger partial charge in [0.2, 0.25) is 0 Å². The van der Waals surface area contributed by atoms with E-state index in [1.54, 1.807) is 17.0 Å². The second-order valence-corrected chi connectivity index (χ2v) is 4.68. The molecule has 2 aromatic rings. The molecule has 1 N–H and O–H groups in total. The normalized spacial score (nSPS) is 15.1. The molecule has 2 aromatic carbocycles. The van der Waals surface area contributed by atoms with E-state index in [-0.39, 0.29) is 5.91 Å². The number of aliphatic hydroxyl groups is 1. The Balaban J connectivity index is 1.86. The Morgan fingerprint density at radius 1 is 1.05 bits per heavy atom. The minimum absolute atomic E-state index is 0.254. The Bertz CT molecular complexity index is 595. The monoisotopic (exact) mass is 253 g/mol. The molecule has 0 aromatic heterocycles. The number of para-hydroxylation sites is 1. The van der Waals surface area contributed by atoms with E-state index in [0.29, 0.717) is 12.1 Å². The number of anilines is 1. The molecule has 19 heavy (non-hydrogen) atoms. The standard InChI is InChI=1S/C16H15NO2/c18-15(13-7-2-1-3-8-13)16(19)17-11-10-12-6-4-5-9-14(12)17/h1-9,15,18H,10-11H2. The Kier molecular flexibility index (Phi) is 3.05. The quantitative estimate of drug-likeness (QED) is 0.892. The number of carbonyl (C=O) groups is 1. The van der Waals surface area contributed by atoms with Crippen molar-refractivity contribution in [2.45, 2.75) is 12.5 Å². The summed E-state index contributed by atoms with van der Waals surface area (Å²) in [6.45, 7) is 0.641. The Labute approximate surface area is 112 Å². The maximum absolute atomic E-state index is 12.4. The zero-order valence-corrected chi connectivity index (χ0v) is 10.5. The first kappa shape index (κ1) is 11.9. The second-order valence-electron chi connectivity index (χ2n) is 4.68. The molecule has 0 spiro atoms. The van der Waals surface area contributed by atoms with Crippen LogP contribution in [0.25, 0.3) is 0 Å². The molecular formula is C16H15NO2. The van der Waals surface area contributed by atoms with Crippen molar-refractivity contribution in [2.24, 2.45) is 0 Å². The molecule has 0 radical (unpaired) electrons. The van der Waals surface area contributed by atoms with E-state index in [4.69, 9.17) is 0 Å². The van der Waals surface area contributed by atoms with Gasteiger partial charge < -0.3 is 10.0 Å². The van der Waals surface area contributed by atoms with E-state index in [1.807, 2.05) is 42.5 Å². The number of aliphatic hydroxyl groups excluding tert-OH is 1. The van der Waals surface area contributed by atoms with E-state index in [9.17, 15) is 9.90 Å². The van der Waals surface area contributed by atoms with Gasteiger partial charge in [0.1, 0.15) is 0 Å². The highest BCUT2D eigenvalue weighted by atomic mass is 16.3. The van der Waals surface area contributed by atoms with Gasteiger partial charge in [0, 0.05) is 12.2 Å². The molecule has 0 saturated carbocycles. The first-order valence-electron chi connectivity index (χ1n) is 6.39. The average Bonchev–Trinajstić information content (AvgIpc) is 2.90. The highest BCUT2D eigenvalue weighted by molar-refractivity contribution is 5.98. The lowest BCUT2D eigenvalue weighted by Crippen LogP contribution is -2.33. The lowest BCUT2D eigenvalue weighted by atomic mass is 10.1. The van der Waals surface area contributed by atoms with Gasteiger partial charge in [0.25, 0.3) is 5.91 Å². The summed E-state index contributed by atoms with van der Waals surface area (Å²) >= 11 is 0. The highest BCUT2D eigenvalue weighted by Gasteiger charge is 2.29. The number of carbonyl (C=O) groups excluding carboxylic acids is 1. The highest BCUT2D eigenvalue weighted by Crippen LogP contribution is 2.30. The summed E-state index contributed by atoms with van der Waals surface area (Å²) in [7, 11) is 0. The van der Waals surface area contributed by atoms with E-state index in [2.05, 4.69) is 0 Å². The van der Waals surface area contributed by atoms with Gasteiger partial charge in [0.05, 0.1) is 0 Å². The number of rotatable bonds is 2. The zero-order valence-electron chi connectivity index (χ0n) is 10.5. The molecule has 0 fully saturated rings. The van der Waals surface area contributed by atoms with E-state index in [0.717, 1.165) is 17.7 Å². The Morgan fingerprint density at radius 3 is 2.53 bits per heavy atom. The van der Waals surface area contributed by atoms with Gasteiger partial charge in [-0.05, 0) is 23.6 Å². The van der Waals surface area contributed by atoms with Crippen LogP contribution in [0.4, 0.5) is 5.69 Å². The van der Waals surface area contributed by atoms with Crippen molar-refractivity contribution in [3.05, 3.63) is 65.7 Å². The lowest BCUT2D eigenvalue weighted by molar-refractivity contribution is -0.126. The first-order valence-corrected chi connectivity index (χ1v) is 6.39. The van der Waals surface area contributed by atoms with Crippen LogP contribution in [0.2, 0.25) is 0 Å². The fourth-order valence-electron chi connectivity index (χ4n) is 2.49. The summed E-state index contributed by atoms with van der Waals surface area (Å²) in [6, 6.07) is 16.9. The van der Waals surface area contributed by atoms with Gasteiger partial charge in [-0.15, -0.1) is 0 Å². The molecule has 1 aliphatic rings. The zero-order chi connectivity index (χ0) is 13.2. The molecular weight excluding hydrogens is 238 g/mol. The fourth-order valence-corrected chi connectivity index (χ4v) is 2.49. The van der Waals surface area contributed by atoms with Gasteiger partial charge in [-0.25, -0.2) is 0 Å². The van der Waals surface area contributed by atoms with E-state index < -0.39 is 6.10 Å². The molecule has 3 nitrogen and oxygen atoms in total. The average molecular weight is 253 g/mol. The summed E-state index contributed by atoms with van der Waals surface area (Å²) in [5.41, 5.74) is 2.72. The minimum Gasteiger partial charge on any atom is -0.378 e. The van der Waals surface area contributed by atoms with Crippen molar-refractivity contribution < 1.29 is 9.90 Å². The number of benzene rings is 2. The molecule has 3 heteroatoms. The van der Waals surface area contributed by atoms with Crippen molar-refractivity contribution in [1.29, 1.82) is 0 Å². The fraction of sp³-hybridized carbons (Fsp3) is 0.188. The van der Waals surface area contributed by atoms with Crippen molar-refractivity contribution in [3.63, 3.8) is 0 Å². The van der Waals surface area contributed by atoms with Crippen LogP contribution in [0.3, 0.4) is 0 Å². The third-order valence-electron chi connectivity index (χ3n) is 3.50. The third kappa shape index (κ3) is 2.13. The van der Waals surface area contributed by atoms with Crippen LogP contribution >= 0.6 is 0 Å². The minimum atomic E-state index is -1.09. The third-order valence-corrected chi connectivity index (χ3v) is 3.50. The van der Waals surface area contributed by atoms with Gasteiger partial charge in [-0.1, -0.05) is 48.5 Å². The van der Waals surface area contributed by atoms with Crippen LogP contribution in [-0.2, 0) is 11.2 Å². The number of fused-ring (bicyclic) bond motifs is 1. The molecule has 0 saturated heterocycles. The van der Waals surface area contributed by atoms with Crippen LogP contribution < -0.4 is 4.90 Å². The van der Waals surface area contributed by atoms with Crippen LogP contribution in [-0.4, -0.2) is 17.6 Å². The maximum Gasteiger partial charge on any atom is 0.260 e. The van der Waals surface area contributed by atoms with Gasteiger partial charge in [0.15, 0.2) is 6.10 Å². The largest absolute Gasteiger partial charge is 0.378 e. The number of hydrogen-bond donors (Lipinski definition) is 1. The summed E-state index contributed by atoms with van der Waals surface area (Å²) in [5.74, 6) is -0.254. The van der Waals surface area contributed by atoms with Crippen molar-refractivity contribution in [3.8, 4) is 0 Å². The number of amides is 1. The molecule has 1 atom stereocenters. The molecule has 1 unspecified atom stereocenters. The van der Waals surface area contributed by atoms with Crippen molar-refractivity contribution in [2.75, 3.05) is 11.4 Å². The van der Waals surface area contributed by atoms with Gasteiger partial charge >= 0.3 is 0 Å². The summed E-state index contributed by atoms with van der Waals surface area (Å²) in [6.07, 6.45) is -0.240. The van der Waals surface area contributed by atoms with Crippen molar-refractivity contribution in [1.82, 2.24) is 0 Å². The van der Waals surface area contributed by atoms with Crippen LogP contribution in [0.5, 0.6) is 0 Å². The van der Waals surface area contributed by atoms with E-state index in [1.165, 1.54) is 0 Å². The number of hydrogen-bond acceptors (Lipinski definition) is 2. The molecule has 96 valence electrons. The molecule has 0 bridgehead atoms. The SMILES string of the molecule is O=C(C(O)c1ccccc1)N1CCc2ccccc21. The lowest BCUT2D eigenvalue weighted by Gasteiger charge is -2.21. The summed E-state index contributed by atoms with van der Waals surface area (Å²) in [5, 5.41) is 10.2. The maximum atomic E-state index is 12.4. The summed E-state index contributed by atoms with van der Waals surface area (Å²) in [4.78, 5) is 14.1. The summed E-state index contributed by atoms with van der Waals surface area (Å²) < 4.78 is 0. The predicted octanol–water partition coefficient (Wildman–Crippen LogP) is 2.31. The number of nitrogens with zero attached hydrogens (tertiary/aromatic N) is 1. The molecule has 1 heterocycles. The van der Waals surface area contributed by atoms with E-state index >= 15 is 0 Å². The first-order chi connectivity index (χ1) is 9.27. The molecule has 1 amide bonds. The molecule has 3 rings (SSSR count). The van der Waals surface area contributed by atoms with Gasteiger partial charge in [-0.3, -0.25) is 4.79 Å². The van der Waals surface area contributed by atoms with Crippen LogP contribution in [0.1, 0.15) is 17.2 Å². The van der Waals surface area contributed by atoms with Crippen LogP contribution in [0, 0.1) is 0 Å². The Morgan fingerprint density at radius 2 is 1.74 bits per heavy atom. The van der Waals surface area contributed by atoms with Gasteiger partial charge in [-0.2, -0.15) is 0 Å². The molecule has 0 aliphatic carbocycles. The topological polar surface area (TPSA) is 40.5 Å². The van der Waals surface area contributed by atoms with Crippen LogP contribution in [0.15, 0.2) is 54.6 Å². The molecule has 1 aliphatic heterocycles. The smallest absolute Gasteiger partial charge is 0.260 e. The van der Waals surface area contributed by atoms with Crippen molar-refractivity contribution >= 4 is 11.6 Å². The Hall–Kier alpha value is -2.13. The second kappa shape index (κ2) is 4.86.